The Hall–Kier alpha value is -2.28. The van der Waals surface area contributed by atoms with E-state index in [2.05, 4.69) is 15.5 Å². The van der Waals surface area contributed by atoms with E-state index in [9.17, 15) is 10.1 Å². The van der Waals surface area contributed by atoms with E-state index in [0.717, 1.165) is 4.88 Å². The van der Waals surface area contributed by atoms with Crippen LogP contribution in [0.15, 0.2) is 40.9 Å². The summed E-state index contributed by atoms with van der Waals surface area (Å²) < 4.78 is 0. The largest absolute Gasteiger partial charge is 0.287 e. The molecule has 6 nitrogen and oxygen atoms in total. The lowest BCUT2D eigenvalue weighted by Gasteiger charge is -1.97. The average Bonchev–Trinajstić information content (AvgIpc) is 2.83. The summed E-state index contributed by atoms with van der Waals surface area (Å²) in [5.74, 6) is 0.461. The minimum Gasteiger partial charge on any atom is -0.261 e. The van der Waals surface area contributed by atoms with Gasteiger partial charge in [0.2, 0.25) is 0 Å². The molecule has 0 spiro atoms. The normalized spacial score (nSPS) is 10.6. The fourth-order valence-electron chi connectivity index (χ4n) is 1.09. The van der Waals surface area contributed by atoms with Gasteiger partial charge in [0, 0.05) is 10.9 Å². The lowest BCUT2D eigenvalue weighted by Crippen LogP contribution is -1.94. The van der Waals surface area contributed by atoms with E-state index in [-0.39, 0.29) is 5.69 Å². The predicted molar refractivity (Wildman–Crippen MR) is 66.4 cm³/mol. The number of hydrazone groups is 1. The molecule has 0 unspecified atom stereocenters. The highest BCUT2D eigenvalue weighted by molar-refractivity contribution is 7.11. The number of pyridine rings is 1. The van der Waals surface area contributed by atoms with Crippen molar-refractivity contribution in [3.63, 3.8) is 0 Å². The van der Waals surface area contributed by atoms with Crippen molar-refractivity contribution in [3.05, 3.63) is 50.8 Å². The van der Waals surface area contributed by atoms with Gasteiger partial charge in [0.15, 0.2) is 0 Å². The molecule has 0 atom stereocenters. The second-order valence-corrected chi connectivity index (χ2v) is 4.02. The number of nitrogens with zero attached hydrogens (tertiary/aromatic N) is 3. The molecular weight excluding hydrogens is 240 g/mol. The van der Waals surface area contributed by atoms with Crippen LogP contribution >= 0.6 is 11.3 Å². The number of anilines is 1. The van der Waals surface area contributed by atoms with Crippen LogP contribution in [0.25, 0.3) is 0 Å². The maximum absolute atomic E-state index is 10.4. The van der Waals surface area contributed by atoms with Crippen molar-refractivity contribution >= 4 is 29.1 Å². The molecule has 0 saturated heterocycles. The van der Waals surface area contributed by atoms with Gasteiger partial charge in [0.1, 0.15) is 12.0 Å². The second-order valence-electron chi connectivity index (χ2n) is 3.04. The van der Waals surface area contributed by atoms with E-state index in [1.807, 2.05) is 17.5 Å². The van der Waals surface area contributed by atoms with E-state index in [1.165, 1.54) is 18.3 Å². The molecule has 0 aliphatic carbocycles. The van der Waals surface area contributed by atoms with E-state index in [4.69, 9.17) is 0 Å². The van der Waals surface area contributed by atoms with Crippen LogP contribution in [0.4, 0.5) is 11.5 Å². The summed E-state index contributed by atoms with van der Waals surface area (Å²) in [5.41, 5.74) is 2.65. The second kappa shape index (κ2) is 5.17. The lowest BCUT2D eigenvalue weighted by atomic mass is 10.4. The first-order valence-corrected chi connectivity index (χ1v) is 5.57. The lowest BCUT2D eigenvalue weighted by molar-refractivity contribution is -0.385. The van der Waals surface area contributed by atoms with Crippen LogP contribution in [0.1, 0.15) is 4.88 Å². The minimum absolute atomic E-state index is 0.0437. The van der Waals surface area contributed by atoms with Crippen molar-refractivity contribution in [1.82, 2.24) is 4.98 Å². The van der Waals surface area contributed by atoms with Gasteiger partial charge in [-0.15, -0.1) is 11.3 Å². The monoisotopic (exact) mass is 248 g/mol. The Bertz CT molecular complexity index is 522. The summed E-state index contributed by atoms with van der Waals surface area (Å²) in [6.45, 7) is 0. The first-order chi connectivity index (χ1) is 8.25. The number of hydrogen-bond acceptors (Lipinski definition) is 6. The Morgan fingerprint density at radius 3 is 2.94 bits per heavy atom. The highest BCUT2D eigenvalue weighted by Crippen LogP contribution is 2.11. The Kier molecular flexibility index (Phi) is 3.41. The van der Waals surface area contributed by atoms with E-state index >= 15 is 0 Å². The van der Waals surface area contributed by atoms with Crippen molar-refractivity contribution in [1.29, 1.82) is 0 Å². The summed E-state index contributed by atoms with van der Waals surface area (Å²) in [6.07, 6.45) is 2.84. The van der Waals surface area contributed by atoms with Crippen molar-refractivity contribution in [2.75, 3.05) is 5.43 Å². The Morgan fingerprint density at radius 2 is 2.35 bits per heavy atom. The van der Waals surface area contributed by atoms with Crippen LogP contribution in [0.5, 0.6) is 0 Å². The highest BCUT2D eigenvalue weighted by atomic mass is 32.1. The topological polar surface area (TPSA) is 80.4 Å². The zero-order valence-electron chi connectivity index (χ0n) is 8.61. The van der Waals surface area contributed by atoms with Crippen molar-refractivity contribution in [3.8, 4) is 0 Å². The molecule has 0 fully saturated rings. The summed E-state index contributed by atoms with van der Waals surface area (Å²) in [5, 5.41) is 16.3. The zero-order valence-corrected chi connectivity index (χ0v) is 9.42. The molecule has 0 amide bonds. The van der Waals surface area contributed by atoms with Crippen molar-refractivity contribution < 1.29 is 4.92 Å². The molecule has 86 valence electrons. The first-order valence-electron chi connectivity index (χ1n) is 4.69. The molecule has 0 bridgehead atoms. The molecular formula is C10H8N4O2S. The molecule has 0 aliphatic rings. The van der Waals surface area contributed by atoms with Gasteiger partial charge >= 0.3 is 0 Å². The summed E-state index contributed by atoms with van der Waals surface area (Å²) in [7, 11) is 0. The standard InChI is InChI=1S/C10H8N4O2S/c15-14(16)8-3-4-10(11-6-8)13-12-7-9-2-1-5-17-9/h1-7H,(H,11,13)/b12-7+. The fraction of sp³-hybridized carbons (Fsp3) is 0. The smallest absolute Gasteiger partial charge is 0.261 e. The zero-order chi connectivity index (χ0) is 12.1. The van der Waals surface area contributed by atoms with Gasteiger partial charge in [-0.2, -0.15) is 5.10 Å². The number of thiophene rings is 1. The molecule has 0 radical (unpaired) electrons. The van der Waals surface area contributed by atoms with Crippen LogP contribution in [0.2, 0.25) is 0 Å². The van der Waals surface area contributed by atoms with Gasteiger partial charge in [0.05, 0.1) is 11.1 Å². The van der Waals surface area contributed by atoms with E-state index in [1.54, 1.807) is 17.6 Å². The average molecular weight is 248 g/mol. The molecule has 0 aliphatic heterocycles. The first kappa shape index (κ1) is 11.2. The quantitative estimate of drug-likeness (QED) is 0.512. The van der Waals surface area contributed by atoms with Gasteiger partial charge in [-0.3, -0.25) is 15.5 Å². The number of nitro groups is 1. The molecule has 17 heavy (non-hydrogen) atoms. The van der Waals surface area contributed by atoms with Crippen molar-refractivity contribution in [2.24, 2.45) is 5.10 Å². The van der Waals surface area contributed by atoms with Crippen molar-refractivity contribution in [2.45, 2.75) is 0 Å². The third-order valence-electron chi connectivity index (χ3n) is 1.87. The molecule has 0 saturated carbocycles. The Labute approximate surface area is 101 Å². The van der Waals surface area contributed by atoms with Gasteiger partial charge in [0.25, 0.3) is 5.69 Å². The third-order valence-corrected chi connectivity index (χ3v) is 2.68. The van der Waals surface area contributed by atoms with Gasteiger partial charge < -0.3 is 0 Å². The minimum atomic E-state index is -0.494. The SMILES string of the molecule is O=[N+]([O-])c1ccc(N/N=C/c2cccs2)nc1. The number of nitrogens with one attached hydrogen (secondary N) is 1. The van der Waals surface area contributed by atoms with Gasteiger partial charge in [-0.05, 0) is 17.5 Å². The maximum atomic E-state index is 10.4. The molecule has 2 aromatic rings. The van der Waals surface area contributed by atoms with Crippen LogP contribution in [0, 0.1) is 10.1 Å². The maximum Gasteiger partial charge on any atom is 0.287 e. The molecule has 7 heteroatoms. The van der Waals surface area contributed by atoms with E-state index in [0.29, 0.717) is 5.82 Å². The van der Waals surface area contributed by atoms with Crippen LogP contribution in [-0.2, 0) is 0 Å². The number of aromatic nitrogens is 1. The van der Waals surface area contributed by atoms with Crippen LogP contribution < -0.4 is 5.43 Å². The van der Waals surface area contributed by atoms with E-state index < -0.39 is 4.92 Å². The van der Waals surface area contributed by atoms with Gasteiger partial charge in [-0.1, -0.05) is 6.07 Å². The van der Waals surface area contributed by atoms with Crippen LogP contribution in [0.3, 0.4) is 0 Å². The molecule has 2 aromatic heterocycles. The Balaban J connectivity index is 1.97. The molecule has 0 aromatic carbocycles. The van der Waals surface area contributed by atoms with Crippen LogP contribution in [-0.4, -0.2) is 16.1 Å². The number of hydrogen-bond donors (Lipinski definition) is 1. The number of rotatable bonds is 4. The van der Waals surface area contributed by atoms with Gasteiger partial charge in [-0.25, -0.2) is 4.98 Å². The summed E-state index contributed by atoms with van der Waals surface area (Å²) in [6, 6.07) is 6.73. The molecule has 1 N–H and O–H groups in total. The molecule has 2 heterocycles. The Morgan fingerprint density at radius 1 is 1.47 bits per heavy atom. The third kappa shape index (κ3) is 3.08. The summed E-state index contributed by atoms with van der Waals surface area (Å²) in [4.78, 5) is 14.8. The predicted octanol–water partition coefficient (Wildman–Crippen LogP) is 2.50. The fourth-order valence-corrected chi connectivity index (χ4v) is 1.67. The molecule has 2 rings (SSSR count). The highest BCUT2D eigenvalue weighted by Gasteiger charge is 2.04. The summed E-state index contributed by atoms with van der Waals surface area (Å²) >= 11 is 1.57.